The Kier molecular flexibility index (Phi) is 6.35. The molecule has 5 N–H and O–H groups in total. The maximum Gasteiger partial charge on any atom is 0.408 e. The van der Waals surface area contributed by atoms with Crippen LogP contribution >= 0.6 is 0 Å². The number of ether oxygens (including phenoxy) is 1. The van der Waals surface area contributed by atoms with Crippen LogP contribution in [-0.4, -0.2) is 75.1 Å². The monoisotopic (exact) mass is 482 g/mol. The van der Waals surface area contributed by atoms with Crippen molar-refractivity contribution in [3.8, 4) is 17.0 Å². The summed E-state index contributed by atoms with van der Waals surface area (Å²) in [6.45, 7) is 9.25. The van der Waals surface area contributed by atoms with E-state index >= 15 is 0 Å². The topological polar surface area (TPSA) is 146 Å². The fourth-order valence-electron chi connectivity index (χ4n) is 4.99. The first-order chi connectivity index (χ1) is 16.5. The molecule has 1 amide bonds. The number of hydrogen-bond donors (Lipinski definition) is 4. The Bertz CT molecular complexity index is 1240. The Hall–Kier alpha value is -3.76. The largest absolute Gasteiger partial charge is 0.496 e. The summed E-state index contributed by atoms with van der Waals surface area (Å²) >= 11 is 0. The second-order valence-electron chi connectivity index (χ2n) is 10.1. The van der Waals surface area contributed by atoms with E-state index in [1.165, 1.54) is 0 Å². The molecule has 0 unspecified atom stereocenters. The van der Waals surface area contributed by atoms with Crippen LogP contribution in [0.25, 0.3) is 22.2 Å². The highest BCUT2D eigenvalue weighted by Gasteiger charge is 2.38. The van der Waals surface area contributed by atoms with Crippen LogP contribution in [0.2, 0.25) is 0 Å². The first-order valence-corrected chi connectivity index (χ1v) is 11.7. The van der Waals surface area contributed by atoms with E-state index in [1.54, 1.807) is 19.1 Å². The first-order valence-electron chi connectivity index (χ1n) is 11.7. The van der Waals surface area contributed by atoms with Gasteiger partial charge in [0.15, 0.2) is 5.82 Å². The van der Waals surface area contributed by atoms with Gasteiger partial charge in [0.05, 0.1) is 29.7 Å². The normalized spacial score (nSPS) is 18.5. The summed E-state index contributed by atoms with van der Waals surface area (Å²) in [4.78, 5) is 25.2. The first kappa shape index (κ1) is 24.4. The third-order valence-electron chi connectivity index (χ3n) is 6.36. The number of rotatable bonds is 5. The van der Waals surface area contributed by atoms with Crippen LogP contribution in [0.15, 0.2) is 18.2 Å². The quantitative estimate of drug-likeness (QED) is 0.428. The van der Waals surface area contributed by atoms with Gasteiger partial charge >= 0.3 is 6.09 Å². The molecule has 0 aliphatic carbocycles. The van der Waals surface area contributed by atoms with Gasteiger partial charge in [0, 0.05) is 37.3 Å². The van der Waals surface area contributed by atoms with Gasteiger partial charge in [0.25, 0.3) is 0 Å². The van der Waals surface area contributed by atoms with Gasteiger partial charge in [-0.3, -0.25) is 10.00 Å². The van der Waals surface area contributed by atoms with E-state index in [2.05, 4.69) is 32.3 Å². The zero-order valence-electron chi connectivity index (χ0n) is 21.1. The van der Waals surface area contributed by atoms with Crippen molar-refractivity contribution < 1.29 is 14.6 Å². The van der Waals surface area contributed by atoms with E-state index in [9.17, 15) is 9.90 Å². The Morgan fingerprint density at radius 2 is 2.03 bits per heavy atom. The maximum absolute atomic E-state index is 12.1. The van der Waals surface area contributed by atoms with E-state index < -0.39 is 11.6 Å². The second kappa shape index (κ2) is 9.12. The van der Waals surface area contributed by atoms with Gasteiger partial charge in [-0.25, -0.2) is 9.78 Å². The van der Waals surface area contributed by atoms with Crippen LogP contribution in [0, 0.1) is 5.92 Å². The molecule has 1 aromatic carbocycles. The summed E-state index contributed by atoms with van der Waals surface area (Å²) in [7, 11) is 3.36. The molecule has 1 fully saturated rings. The molecule has 1 saturated heterocycles. The summed E-state index contributed by atoms with van der Waals surface area (Å²) in [6.07, 6.45) is -0.110. The van der Waals surface area contributed by atoms with Crippen LogP contribution in [0.5, 0.6) is 5.75 Å². The number of hydrogen-bond acceptors (Lipinski definition) is 8. The standard InChI is InChI=1S/C24H34N8O3/c1-13-7-15(32(23(33)34)24(2,3)4)12-31(11-13)19-10-16(27-22(26-5)28-19)14-8-17-20(18(9-14)35-6)21(25)30-29-17/h8-10,13,15H,7,11-12H2,1-6H3,(H,33,34)(H3,25,29,30)(H,26,27,28)/t13-,15-/m1/s1. The van der Waals surface area contributed by atoms with Crippen molar-refractivity contribution in [3.63, 3.8) is 0 Å². The molecular weight excluding hydrogens is 448 g/mol. The highest BCUT2D eigenvalue weighted by atomic mass is 16.5. The average Bonchev–Trinajstić information content (AvgIpc) is 3.17. The second-order valence-corrected chi connectivity index (χ2v) is 10.1. The summed E-state index contributed by atoms with van der Waals surface area (Å²) in [5, 5.41) is 20.8. The molecular formula is C24H34N8O3. The van der Waals surface area contributed by atoms with Gasteiger partial charge in [0.2, 0.25) is 5.95 Å². The van der Waals surface area contributed by atoms with Gasteiger partial charge in [-0.15, -0.1) is 0 Å². The molecule has 0 radical (unpaired) electrons. The number of fused-ring (bicyclic) bond motifs is 1. The minimum absolute atomic E-state index is 0.155. The molecule has 188 valence electrons. The summed E-state index contributed by atoms with van der Waals surface area (Å²) in [5.41, 5.74) is 7.76. The number of carbonyl (C=O) groups is 1. The number of methoxy groups -OCH3 is 1. The molecule has 1 aliphatic rings. The zero-order chi connectivity index (χ0) is 25.5. The van der Waals surface area contributed by atoms with Crippen LogP contribution in [0.4, 0.5) is 22.4 Å². The number of nitrogen functional groups attached to an aromatic ring is 1. The molecule has 0 bridgehead atoms. The summed E-state index contributed by atoms with van der Waals surface area (Å²) in [6, 6.07) is 5.59. The minimum Gasteiger partial charge on any atom is -0.496 e. The highest BCUT2D eigenvalue weighted by molar-refractivity contribution is 5.97. The van der Waals surface area contributed by atoms with Crippen molar-refractivity contribution in [1.29, 1.82) is 0 Å². The van der Waals surface area contributed by atoms with Crippen LogP contribution in [-0.2, 0) is 0 Å². The van der Waals surface area contributed by atoms with E-state index in [0.29, 0.717) is 35.7 Å². The number of amides is 1. The van der Waals surface area contributed by atoms with Gasteiger partial charge < -0.3 is 25.8 Å². The predicted molar refractivity (Wildman–Crippen MR) is 137 cm³/mol. The number of aromatic nitrogens is 4. The van der Waals surface area contributed by atoms with Crippen molar-refractivity contribution >= 4 is 34.6 Å². The Morgan fingerprint density at radius 3 is 2.66 bits per heavy atom. The Morgan fingerprint density at radius 1 is 1.29 bits per heavy atom. The number of H-pyrrole nitrogens is 1. The van der Waals surface area contributed by atoms with Gasteiger partial charge in [0.1, 0.15) is 11.6 Å². The number of carboxylic acid groups (broad SMARTS) is 1. The lowest BCUT2D eigenvalue weighted by molar-refractivity contribution is 0.0587. The predicted octanol–water partition coefficient (Wildman–Crippen LogP) is 3.65. The van der Waals surface area contributed by atoms with E-state index in [-0.39, 0.29) is 6.04 Å². The molecule has 4 rings (SSSR count). The van der Waals surface area contributed by atoms with Gasteiger partial charge in [-0.2, -0.15) is 10.1 Å². The van der Waals surface area contributed by atoms with Crippen molar-refractivity contribution in [2.75, 3.05) is 43.2 Å². The minimum atomic E-state index is -0.907. The summed E-state index contributed by atoms with van der Waals surface area (Å²) in [5.74, 6) is 2.47. The van der Waals surface area contributed by atoms with Gasteiger partial charge in [-0.05, 0) is 45.2 Å². The van der Waals surface area contributed by atoms with Crippen molar-refractivity contribution in [1.82, 2.24) is 25.1 Å². The van der Waals surface area contributed by atoms with E-state index in [1.807, 2.05) is 39.0 Å². The Balaban J connectivity index is 1.75. The number of nitrogens with zero attached hydrogens (tertiary/aromatic N) is 5. The molecule has 1 aliphatic heterocycles. The van der Waals surface area contributed by atoms with E-state index in [4.69, 9.17) is 15.5 Å². The maximum atomic E-state index is 12.1. The lowest BCUT2D eigenvalue weighted by Crippen LogP contribution is -2.58. The number of aromatic amines is 1. The molecule has 2 aromatic heterocycles. The third kappa shape index (κ3) is 4.75. The zero-order valence-corrected chi connectivity index (χ0v) is 21.1. The number of piperidine rings is 1. The number of nitrogens with one attached hydrogen (secondary N) is 2. The van der Waals surface area contributed by atoms with Crippen molar-refractivity contribution in [3.05, 3.63) is 18.2 Å². The average molecular weight is 483 g/mol. The molecule has 11 heteroatoms. The van der Waals surface area contributed by atoms with Gasteiger partial charge in [-0.1, -0.05) is 6.92 Å². The smallest absolute Gasteiger partial charge is 0.408 e. The van der Waals surface area contributed by atoms with Crippen molar-refractivity contribution in [2.24, 2.45) is 5.92 Å². The molecule has 0 saturated carbocycles. The molecule has 11 nitrogen and oxygen atoms in total. The Labute approximate surface area is 204 Å². The lowest BCUT2D eigenvalue weighted by Gasteiger charge is -2.46. The van der Waals surface area contributed by atoms with Crippen molar-refractivity contribution in [2.45, 2.75) is 45.7 Å². The molecule has 2 atom stereocenters. The molecule has 35 heavy (non-hydrogen) atoms. The third-order valence-corrected chi connectivity index (χ3v) is 6.36. The number of benzene rings is 1. The molecule has 3 aromatic rings. The lowest BCUT2D eigenvalue weighted by atomic mass is 9.92. The fraction of sp³-hybridized carbons (Fsp3) is 0.500. The van der Waals surface area contributed by atoms with Crippen LogP contribution in [0.1, 0.15) is 34.1 Å². The fourth-order valence-corrected chi connectivity index (χ4v) is 4.99. The molecule has 3 heterocycles. The van der Waals surface area contributed by atoms with Crippen LogP contribution < -0.4 is 20.7 Å². The molecule has 0 spiro atoms. The van der Waals surface area contributed by atoms with Crippen LogP contribution in [0.3, 0.4) is 0 Å². The SMILES string of the molecule is CNc1nc(-c2cc(OC)c3c(N)n[nH]c3c2)cc(N2C[C@H](C)C[C@@H](N(C(=O)O)C(C)(C)C)C2)n1. The number of nitrogens with two attached hydrogens (primary N) is 1. The highest BCUT2D eigenvalue weighted by Crippen LogP contribution is 2.36. The van der Waals surface area contributed by atoms with E-state index in [0.717, 1.165) is 35.2 Å². The summed E-state index contributed by atoms with van der Waals surface area (Å²) < 4.78 is 5.57. The number of anilines is 3.